The quantitative estimate of drug-likeness (QED) is 0.454. The predicted octanol–water partition coefficient (Wildman–Crippen LogP) is 0.813. The maximum absolute atomic E-state index is 9.40. The Hall–Kier alpha value is -2.04. The summed E-state index contributed by atoms with van der Waals surface area (Å²) in [4.78, 5) is 0. The topological polar surface area (TPSA) is 90.7 Å². The maximum Gasteiger partial charge on any atom is 0.231 e. The highest BCUT2D eigenvalue weighted by Crippen LogP contribution is 2.37. The second-order valence-electron chi connectivity index (χ2n) is 2.84. The van der Waals surface area contributed by atoms with Gasteiger partial charge in [-0.25, -0.2) is 0 Å². The largest absolute Gasteiger partial charge is 0.506 e. The van der Waals surface area contributed by atoms with Gasteiger partial charge < -0.3 is 26.0 Å². The zero-order chi connectivity index (χ0) is 10.1. The van der Waals surface area contributed by atoms with Gasteiger partial charge >= 0.3 is 0 Å². The smallest absolute Gasteiger partial charge is 0.231 e. The van der Waals surface area contributed by atoms with Gasteiger partial charge in [0.05, 0.1) is 0 Å². The van der Waals surface area contributed by atoms with Gasteiger partial charge in [0, 0.05) is 23.5 Å². The van der Waals surface area contributed by atoms with Crippen molar-refractivity contribution in [3.63, 3.8) is 0 Å². The summed E-state index contributed by atoms with van der Waals surface area (Å²) in [6.45, 7) is 0.172. The minimum Gasteiger partial charge on any atom is -0.506 e. The van der Waals surface area contributed by atoms with Gasteiger partial charge in [0.25, 0.3) is 0 Å². The minimum atomic E-state index is -0.0826. The molecule has 1 heterocycles. The molecular weight excluding hydrogens is 184 g/mol. The first-order valence-corrected chi connectivity index (χ1v) is 4.02. The van der Waals surface area contributed by atoms with Crippen LogP contribution in [0, 0.1) is 0 Å². The number of rotatable bonds is 1. The third-order valence-electron chi connectivity index (χ3n) is 1.98. The lowest BCUT2D eigenvalue weighted by Crippen LogP contribution is -1.95. The van der Waals surface area contributed by atoms with E-state index in [0.29, 0.717) is 22.7 Å². The number of benzene rings is 1. The number of aliphatic hydroxyl groups excluding tert-OH is 1. The number of anilines is 1. The van der Waals surface area contributed by atoms with E-state index in [2.05, 4.69) is 0 Å². The molecule has 1 aliphatic rings. The van der Waals surface area contributed by atoms with E-state index in [9.17, 15) is 5.11 Å². The number of hydrogen-bond acceptors (Lipinski definition) is 5. The van der Waals surface area contributed by atoms with Crippen LogP contribution in [-0.4, -0.2) is 11.9 Å². The molecule has 2 rings (SSSR count). The first kappa shape index (κ1) is 8.55. The van der Waals surface area contributed by atoms with Crippen LogP contribution in [0.25, 0.3) is 5.76 Å². The molecule has 0 fully saturated rings. The van der Waals surface area contributed by atoms with Crippen LogP contribution in [-0.2, 0) is 0 Å². The Morgan fingerprint density at radius 1 is 1.36 bits per heavy atom. The van der Waals surface area contributed by atoms with Crippen molar-refractivity contribution in [3.8, 4) is 11.5 Å². The molecule has 0 saturated carbocycles. The first-order chi connectivity index (χ1) is 6.72. The monoisotopic (exact) mass is 194 g/mol. The Balaban J connectivity index is 2.53. The molecule has 74 valence electrons. The van der Waals surface area contributed by atoms with Crippen LogP contribution in [0.4, 0.5) is 5.69 Å². The third-order valence-corrected chi connectivity index (χ3v) is 1.98. The molecule has 1 aromatic carbocycles. The average Bonchev–Trinajstić information content (AvgIpc) is 2.62. The molecule has 5 N–H and O–H groups in total. The van der Waals surface area contributed by atoms with Crippen molar-refractivity contribution in [1.82, 2.24) is 0 Å². The molecule has 0 spiro atoms. The predicted molar refractivity (Wildman–Crippen MR) is 51.8 cm³/mol. The van der Waals surface area contributed by atoms with Gasteiger partial charge in [-0.15, -0.1) is 0 Å². The number of aliphatic hydroxyl groups is 1. The van der Waals surface area contributed by atoms with Crippen molar-refractivity contribution in [2.45, 2.75) is 0 Å². The molecule has 5 nitrogen and oxygen atoms in total. The number of nitrogens with two attached hydrogens (primary N) is 2. The van der Waals surface area contributed by atoms with Crippen molar-refractivity contribution >= 4 is 11.4 Å². The Bertz CT molecular complexity index is 401. The SMILES string of the molecule is N/C=C(/O)c1cc2c(cc1N)OCO2. The Morgan fingerprint density at radius 2 is 2.00 bits per heavy atom. The van der Waals surface area contributed by atoms with Crippen LogP contribution in [0.1, 0.15) is 5.56 Å². The second kappa shape index (κ2) is 3.02. The molecule has 1 aromatic rings. The van der Waals surface area contributed by atoms with E-state index in [-0.39, 0.29) is 12.6 Å². The van der Waals surface area contributed by atoms with E-state index in [1.807, 2.05) is 0 Å². The molecule has 1 aliphatic heterocycles. The van der Waals surface area contributed by atoms with Crippen molar-refractivity contribution in [1.29, 1.82) is 0 Å². The number of nitrogen functional groups attached to an aromatic ring is 1. The van der Waals surface area contributed by atoms with Crippen LogP contribution in [0.2, 0.25) is 0 Å². The zero-order valence-corrected chi connectivity index (χ0v) is 7.36. The first-order valence-electron chi connectivity index (χ1n) is 4.02. The van der Waals surface area contributed by atoms with Crippen LogP contribution >= 0.6 is 0 Å². The highest BCUT2D eigenvalue weighted by atomic mass is 16.7. The van der Waals surface area contributed by atoms with Crippen LogP contribution in [0.5, 0.6) is 11.5 Å². The van der Waals surface area contributed by atoms with Crippen molar-refractivity contribution in [2.75, 3.05) is 12.5 Å². The molecule has 0 aromatic heterocycles. The summed E-state index contributed by atoms with van der Waals surface area (Å²) in [5.41, 5.74) is 11.7. The van der Waals surface area contributed by atoms with Crippen molar-refractivity contribution in [2.24, 2.45) is 5.73 Å². The molecule has 0 atom stereocenters. The molecule has 0 amide bonds. The normalized spacial score (nSPS) is 14.4. The van der Waals surface area contributed by atoms with E-state index < -0.39 is 0 Å². The van der Waals surface area contributed by atoms with Gasteiger partial charge in [-0.1, -0.05) is 0 Å². The summed E-state index contributed by atoms with van der Waals surface area (Å²) < 4.78 is 10.2. The second-order valence-corrected chi connectivity index (χ2v) is 2.84. The Kier molecular flexibility index (Phi) is 1.85. The summed E-state index contributed by atoms with van der Waals surface area (Å²) in [6.07, 6.45) is 1.08. The fourth-order valence-corrected chi connectivity index (χ4v) is 1.27. The minimum absolute atomic E-state index is 0.0826. The van der Waals surface area contributed by atoms with Gasteiger partial charge in [0.1, 0.15) is 5.76 Å². The molecule has 0 aliphatic carbocycles. The third kappa shape index (κ3) is 1.19. The molecule has 0 bridgehead atoms. The van der Waals surface area contributed by atoms with E-state index in [0.717, 1.165) is 6.20 Å². The number of fused-ring (bicyclic) bond motifs is 1. The molecular formula is C9H10N2O3. The van der Waals surface area contributed by atoms with Crippen LogP contribution < -0.4 is 20.9 Å². The summed E-state index contributed by atoms with van der Waals surface area (Å²) in [5.74, 6) is 1.06. The summed E-state index contributed by atoms with van der Waals surface area (Å²) in [5, 5.41) is 9.40. The standard InChI is InChI=1S/C9H10N2O3/c10-3-7(12)5-1-8-9(2-6(5)11)14-4-13-8/h1-3,12H,4,10-11H2/b7-3+. The van der Waals surface area contributed by atoms with E-state index in [1.165, 1.54) is 0 Å². The molecule has 0 saturated heterocycles. The number of hydrogen-bond donors (Lipinski definition) is 3. The molecule has 0 unspecified atom stereocenters. The van der Waals surface area contributed by atoms with Gasteiger partial charge in [0.15, 0.2) is 11.5 Å². The Labute approximate surface area is 80.5 Å². The van der Waals surface area contributed by atoms with Gasteiger partial charge in [-0.3, -0.25) is 0 Å². The average molecular weight is 194 g/mol. The molecule has 0 radical (unpaired) electrons. The van der Waals surface area contributed by atoms with E-state index in [1.54, 1.807) is 12.1 Å². The summed E-state index contributed by atoms with van der Waals surface area (Å²) >= 11 is 0. The van der Waals surface area contributed by atoms with Gasteiger partial charge in [0.2, 0.25) is 6.79 Å². The lowest BCUT2D eigenvalue weighted by Gasteiger charge is -2.05. The summed E-state index contributed by atoms with van der Waals surface area (Å²) in [6, 6.07) is 3.19. The van der Waals surface area contributed by atoms with E-state index >= 15 is 0 Å². The van der Waals surface area contributed by atoms with Crippen LogP contribution in [0.3, 0.4) is 0 Å². The lowest BCUT2D eigenvalue weighted by atomic mass is 10.1. The van der Waals surface area contributed by atoms with Crippen LogP contribution in [0.15, 0.2) is 18.3 Å². The fourth-order valence-electron chi connectivity index (χ4n) is 1.27. The van der Waals surface area contributed by atoms with Gasteiger partial charge in [-0.2, -0.15) is 0 Å². The van der Waals surface area contributed by atoms with Gasteiger partial charge in [-0.05, 0) is 6.07 Å². The molecule has 14 heavy (non-hydrogen) atoms. The lowest BCUT2D eigenvalue weighted by molar-refractivity contribution is 0.174. The highest BCUT2D eigenvalue weighted by Gasteiger charge is 2.17. The summed E-state index contributed by atoms with van der Waals surface area (Å²) in [7, 11) is 0. The highest BCUT2D eigenvalue weighted by molar-refractivity contribution is 5.74. The zero-order valence-electron chi connectivity index (χ0n) is 7.36. The maximum atomic E-state index is 9.40. The van der Waals surface area contributed by atoms with Crippen molar-refractivity contribution < 1.29 is 14.6 Å². The number of ether oxygens (including phenoxy) is 2. The molecule has 5 heteroatoms. The fraction of sp³-hybridized carbons (Fsp3) is 0.111. The Morgan fingerprint density at radius 3 is 2.64 bits per heavy atom. The van der Waals surface area contributed by atoms with E-state index in [4.69, 9.17) is 20.9 Å². The van der Waals surface area contributed by atoms with Crippen molar-refractivity contribution in [3.05, 3.63) is 23.9 Å².